The standard InChI is InChI=1S/C14H16ClNO3/c15-8-11-7-13(17)16(9-11)12(14(18)19)6-10-4-2-1-3-5-10/h1-5,11-12H,6-9H2,(H,18,19)/t11?,12-/m0/s1. The van der Waals surface area contributed by atoms with Gasteiger partial charge in [0.1, 0.15) is 6.04 Å². The number of halogens is 1. The van der Waals surface area contributed by atoms with E-state index in [1.807, 2.05) is 30.3 Å². The highest BCUT2D eigenvalue weighted by atomic mass is 35.5. The summed E-state index contributed by atoms with van der Waals surface area (Å²) in [6.45, 7) is 0.437. The molecule has 2 rings (SSSR count). The minimum absolute atomic E-state index is 0.0618. The Bertz CT molecular complexity index is 463. The Balaban J connectivity index is 2.13. The van der Waals surface area contributed by atoms with Crippen molar-refractivity contribution in [1.82, 2.24) is 4.90 Å². The summed E-state index contributed by atoms with van der Waals surface area (Å²) in [5.74, 6) is -0.631. The number of hydrogen-bond acceptors (Lipinski definition) is 2. The first-order valence-corrected chi connectivity index (χ1v) is 6.77. The molecule has 4 nitrogen and oxygen atoms in total. The number of hydrogen-bond donors (Lipinski definition) is 1. The van der Waals surface area contributed by atoms with E-state index in [9.17, 15) is 14.7 Å². The van der Waals surface area contributed by atoms with Crippen LogP contribution in [0.1, 0.15) is 12.0 Å². The SMILES string of the molecule is O=C(O)[C@H](Cc1ccccc1)N1CC(CCl)CC1=O. The number of likely N-dealkylation sites (tertiary alicyclic amines) is 1. The molecule has 5 heteroatoms. The third kappa shape index (κ3) is 3.26. The van der Waals surface area contributed by atoms with Crippen molar-refractivity contribution in [2.24, 2.45) is 5.92 Å². The Morgan fingerprint density at radius 2 is 2.11 bits per heavy atom. The van der Waals surface area contributed by atoms with Crippen LogP contribution in [0.3, 0.4) is 0 Å². The van der Waals surface area contributed by atoms with Gasteiger partial charge in [-0.1, -0.05) is 30.3 Å². The Hall–Kier alpha value is -1.55. The van der Waals surface area contributed by atoms with Gasteiger partial charge in [-0.25, -0.2) is 4.79 Å². The Morgan fingerprint density at radius 3 is 2.63 bits per heavy atom. The molecule has 0 saturated carbocycles. The summed E-state index contributed by atoms with van der Waals surface area (Å²) in [4.78, 5) is 24.7. The first-order valence-electron chi connectivity index (χ1n) is 6.24. The van der Waals surface area contributed by atoms with Crippen molar-refractivity contribution in [3.8, 4) is 0 Å². The van der Waals surface area contributed by atoms with Crippen LogP contribution < -0.4 is 0 Å². The number of nitrogens with zero attached hydrogens (tertiary/aromatic N) is 1. The van der Waals surface area contributed by atoms with Crippen molar-refractivity contribution in [2.45, 2.75) is 18.9 Å². The number of carboxylic acids is 1. The van der Waals surface area contributed by atoms with Crippen LogP contribution in [0.5, 0.6) is 0 Å². The Kier molecular flexibility index (Phi) is 4.43. The van der Waals surface area contributed by atoms with E-state index < -0.39 is 12.0 Å². The van der Waals surface area contributed by atoms with Crippen LogP contribution in [-0.4, -0.2) is 40.3 Å². The largest absolute Gasteiger partial charge is 0.480 e. The van der Waals surface area contributed by atoms with Gasteiger partial charge in [-0.2, -0.15) is 0 Å². The molecule has 102 valence electrons. The normalized spacial score (nSPS) is 20.6. The predicted octanol–water partition coefficient (Wildman–Crippen LogP) is 1.77. The van der Waals surface area contributed by atoms with E-state index in [2.05, 4.69) is 0 Å². The molecule has 0 radical (unpaired) electrons. The highest BCUT2D eigenvalue weighted by molar-refractivity contribution is 6.18. The Morgan fingerprint density at radius 1 is 1.42 bits per heavy atom. The molecule has 1 saturated heterocycles. The number of rotatable bonds is 5. The molecular weight excluding hydrogens is 266 g/mol. The number of aliphatic carboxylic acids is 1. The monoisotopic (exact) mass is 281 g/mol. The van der Waals surface area contributed by atoms with Gasteiger partial charge in [0.05, 0.1) is 0 Å². The number of carboxylic acid groups (broad SMARTS) is 1. The summed E-state index contributed by atoms with van der Waals surface area (Å²) in [6.07, 6.45) is 0.680. The molecule has 1 heterocycles. The van der Waals surface area contributed by atoms with Crippen LogP contribution in [0.15, 0.2) is 30.3 Å². The van der Waals surface area contributed by atoms with E-state index in [0.717, 1.165) is 5.56 Å². The molecule has 1 unspecified atom stereocenters. The quantitative estimate of drug-likeness (QED) is 0.837. The molecular formula is C14H16ClNO3. The minimum Gasteiger partial charge on any atom is -0.480 e. The molecule has 0 aliphatic carbocycles. The average Bonchev–Trinajstić information content (AvgIpc) is 2.78. The summed E-state index contributed by atoms with van der Waals surface area (Å²) >= 11 is 5.76. The van der Waals surface area contributed by atoms with Crippen LogP contribution in [0.4, 0.5) is 0 Å². The van der Waals surface area contributed by atoms with E-state index >= 15 is 0 Å². The lowest BCUT2D eigenvalue weighted by Gasteiger charge is -2.24. The first kappa shape index (κ1) is 13.9. The zero-order valence-electron chi connectivity index (χ0n) is 10.5. The summed E-state index contributed by atoms with van der Waals surface area (Å²) in [6, 6.07) is 8.54. The van der Waals surface area contributed by atoms with Crippen LogP contribution in [0.25, 0.3) is 0 Å². The van der Waals surface area contributed by atoms with Crippen molar-refractivity contribution in [3.63, 3.8) is 0 Å². The molecule has 1 N–H and O–H groups in total. The lowest BCUT2D eigenvalue weighted by atomic mass is 10.0. The van der Waals surface area contributed by atoms with Gasteiger partial charge in [0.2, 0.25) is 5.91 Å². The number of amides is 1. The molecule has 0 aromatic heterocycles. The maximum Gasteiger partial charge on any atom is 0.326 e. The van der Waals surface area contributed by atoms with Crippen LogP contribution >= 0.6 is 11.6 Å². The van der Waals surface area contributed by atoms with E-state index in [-0.39, 0.29) is 11.8 Å². The molecule has 1 aromatic carbocycles. The third-order valence-electron chi connectivity index (χ3n) is 3.39. The zero-order chi connectivity index (χ0) is 13.8. The molecule has 0 bridgehead atoms. The molecule has 1 aliphatic heterocycles. The van der Waals surface area contributed by atoms with Crippen LogP contribution in [-0.2, 0) is 16.0 Å². The van der Waals surface area contributed by atoms with Gasteiger partial charge in [0.25, 0.3) is 0 Å². The van der Waals surface area contributed by atoms with Gasteiger partial charge in [0, 0.05) is 25.3 Å². The van der Waals surface area contributed by atoms with Crippen molar-refractivity contribution in [3.05, 3.63) is 35.9 Å². The van der Waals surface area contributed by atoms with E-state index in [4.69, 9.17) is 11.6 Å². The second-order valence-electron chi connectivity index (χ2n) is 4.81. The van der Waals surface area contributed by atoms with Crippen molar-refractivity contribution in [2.75, 3.05) is 12.4 Å². The summed E-state index contributed by atoms with van der Waals surface area (Å²) in [5.41, 5.74) is 0.914. The molecule has 1 fully saturated rings. The van der Waals surface area contributed by atoms with Crippen molar-refractivity contribution < 1.29 is 14.7 Å². The van der Waals surface area contributed by atoms with E-state index in [1.165, 1.54) is 4.90 Å². The van der Waals surface area contributed by atoms with Crippen LogP contribution in [0, 0.1) is 5.92 Å². The summed E-state index contributed by atoms with van der Waals surface area (Å²) in [7, 11) is 0. The molecule has 1 amide bonds. The highest BCUT2D eigenvalue weighted by Gasteiger charge is 2.37. The number of benzene rings is 1. The van der Waals surface area contributed by atoms with Crippen molar-refractivity contribution >= 4 is 23.5 Å². The molecule has 0 spiro atoms. The fraction of sp³-hybridized carbons (Fsp3) is 0.429. The molecule has 19 heavy (non-hydrogen) atoms. The number of carbonyl (C=O) groups excluding carboxylic acids is 1. The number of carbonyl (C=O) groups is 2. The van der Waals surface area contributed by atoms with E-state index in [0.29, 0.717) is 25.3 Å². The smallest absolute Gasteiger partial charge is 0.326 e. The van der Waals surface area contributed by atoms with Gasteiger partial charge in [-0.05, 0) is 11.5 Å². The predicted molar refractivity (Wildman–Crippen MR) is 72.1 cm³/mol. The fourth-order valence-electron chi connectivity index (χ4n) is 2.38. The van der Waals surface area contributed by atoms with Crippen molar-refractivity contribution in [1.29, 1.82) is 0 Å². The lowest BCUT2D eigenvalue weighted by Crippen LogP contribution is -2.43. The second kappa shape index (κ2) is 6.06. The fourth-order valence-corrected chi connectivity index (χ4v) is 2.59. The summed E-state index contributed by atoms with van der Waals surface area (Å²) in [5, 5.41) is 9.34. The maximum atomic E-state index is 11.9. The highest BCUT2D eigenvalue weighted by Crippen LogP contribution is 2.23. The maximum absolute atomic E-state index is 11.9. The summed E-state index contributed by atoms with van der Waals surface area (Å²) < 4.78 is 0. The molecule has 2 atom stereocenters. The van der Waals surface area contributed by atoms with Crippen LogP contribution in [0.2, 0.25) is 0 Å². The Labute approximate surface area is 117 Å². The van der Waals surface area contributed by atoms with Gasteiger partial charge in [-0.3, -0.25) is 4.79 Å². The van der Waals surface area contributed by atoms with Gasteiger partial charge < -0.3 is 10.0 Å². The zero-order valence-corrected chi connectivity index (χ0v) is 11.2. The first-order chi connectivity index (χ1) is 9.11. The lowest BCUT2D eigenvalue weighted by molar-refractivity contribution is -0.148. The van der Waals surface area contributed by atoms with Gasteiger partial charge in [0.15, 0.2) is 0 Å². The topological polar surface area (TPSA) is 57.6 Å². The van der Waals surface area contributed by atoms with Gasteiger partial charge in [-0.15, -0.1) is 11.6 Å². The molecule has 1 aliphatic rings. The van der Waals surface area contributed by atoms with E-state index in [1.54, 1.807) is 0 Å². The second-order valence-corrected chi connectivity index (χ2v) is 5.12. The molecule has 1 aromatic rings. The minimum atomic E-state index is -0.965. The average molecular weight is 282 g/mol. The third-order valence-corrected chi connectivity index (χ3v) is 3.83. The number of alkyl halides is 1. The van der Waals surface area contributed by atoms with Gasteiger partial charge >= 0.3 is 5.97 Å².